The number of nitriles is 1. The van der Waals surface area contributed by atoms with Crippen molar-refractivity contribution in [3.8, 4) is 6.07 Å². The van der Waals surface area contributed by atoms with E-state index in [4.69, 9.17) is 10.00 Å². The van der Waals surface area contributed by atoms with E-state index in [1.807, 2.05) is 6.07 Å². The maximum Gasteiger partial charge on any atom is 0.156 e. The van der Waals surface area contributed by atoms with E-state index >= 15 is 0 Å². The molecule has 1 saturated heterocycles. The molecule has 3 nitrogen and oxygen atoms in total. The molecule has 1 aliphatic rings. The summed E-state index contributed by atoms with van der Waals surface area (Å²) in [4.78, 5) is 2.10. The van der Waals surface area contributed by atoms with Crippen LogP contribution in [0.1, 0.15) is 5.56 Å². The molecular formula is C12H12BrFN2O. The van der Waals surface area contributed by atoms with Crippen molar-refractivity contribution in [3.63, 3.8) is 0 Å². The molecule has 1 unspecified atom stereocenters. The van der Waals surface area contributed by atoms with Crippen LogP contribution >= 0.6 is 15.9 Å². The van der Waals surface area contributed by atoms with Crippen LogP contribution < -0.4 is 0 Å². The highest BCUT2D eigenvalue weighted by Gasteiger charge is 2.19. The van der Waals surface area contributed by atoms with E-state index in [9.17, 15) is 4.39 Å². The third-order valence-corrected chi connectivity index (χ3v) is 3.08. The van der Waals surface area contributed by atoms with Crippen LogP contribution in [-0.2, 0) is 11.3 Å². The Kier molecular flexibility index (Phi) is 4.11. The summed E-state index contributed by atoms with van der Waals surface area (Å²) >= 11 is 3.27. The molecule has 0 radical (unpaired) electrons. The maximum absolute atomic E-state index is 13.2. The zero-order chi connectivity index (χ0) is 12.3. The quantitative estimate of drug-likeness (QED) is 0.841. The minimum atomic E-state index is -0.374. The lowest BCUT2D eigenvalue weighted by atomic mass is 10.2. The van der Waals surface area contributed by atoms with Crippen molar-refractivity contribution >= 4 is 15.9 Å². The number of morpholine rings is 1. The van der Waals surface area contributed by atoms with Crippen molar-refractivity contribution in [2.24, 2.45) is 0 Å². The zero-order valence-corrected chi connectivity index (χ0v) is 10.8. The Morgan fingerprint density at radius 1 is 1.53 bits per heavy atom. The average Bonchev–Trinajstić information content (AvgIpc) is 2.28. The van der Waals surface area contributed by atoms with Gasteiger partial charge in [0.15, 0.2) is 6.10 Å². The molecule has 0 saturated carbocycles. The Balaban J connectivity index is 2.03. The lowest BCUT2D eigenvalue weighted by Gasteiger charge is -2.29. The Bertz CT molecular complexity index is 426. The summed E-state index contributed by atoms with van der Waals surface area (Å²) in [6.07, 6.45) is -0.374. The van der Waals surface area contributed by atoms with E-state index in [0.717, 1.165) is 16.6 Å². The molecule has 1 aromatic rings. The highest BCUT2D eigenvalue weighted by Crippen LogP contribution is 2.17. The fourth-order valence-electron chi connectivity index (χ4n) is 1.88. The fourth-order valence-corrected chi connectivity index (χ4v) is 2.40. The Morgan fingerprint density at radius 3 is 3.06 bits per heavy atom. The summed E-state index contributed by atoms with van der Waals surface area (Å²) in [6.45, 7) is 2.53. The molecule has 90 valence electrons. The highest BCUT2D eigenvalue weighted by molar-refractivity contribution is 9.10. The number of halogens is 2. The van der Waals surface area contributed by atoms with Gasteiger partial charge in [-0.15, -0.1) is 0 Å². The molecule has 1 aromatic carbocycles. The molecule has 0 aromatic heterocycles. The first-order valence-corrected chi connectivity index (χ1v) is 6.15. The first-order valence-electron chi connectivity index (χ1n) is 5.36. The lowest BCUT2D eigenvalue weighted by molar-refractivity contribution is -0.00272. The van der Waals surface area contributed by atoms with Gasteiger partial charge in [-0.25, -0.2) is 4.39 Å². The van der Waals surface area contributed by atoms with Crippen molar-refractivity contribution in [2.75, 3.05) is 19.7 Å². The van der Waals surface area contributed by atoms with Crippen LogP contribution in [-0.4, -0.2) is 30.7 Å². The second-order valence-electron chi connectivity index (χ2n) is 4.00. The molecule has 0 bridgehead atoms. The second-order valence-corrected chi connectivity index (χ2v) is 4.92. The van der Waals surface area contributed by atoms with Crippen LogP contribution in [0.2, 0.25) is 0 Å². The standard InChI is InChI=1S/C12H12BrFN2O/c13-10-3-9(4-11(14)5-10)7-16-1-2-17-12(6-15)8-16/h3-5,12H,1-2,7-8H2. The summed E-state index contributed by atoms with van der Waals surface area (Å²) in [7, 11) is 0. The average molecular weight is 299 g/mol. The molecule has 5 heteroatoms. The number of benzene rings is 1. The normalized spacial score (nSPS) is 21.1. The molecule has 0 N–H and O–H groups in total. The van der Waals surface area contributed by atoms with Crippen LogP contribution in [0.5, 0.6) is 0 Å². The van der Waals surface area contributed by atoms with Gasteiger partial charge >= 0.3 is 0 Å². The lowest BCUT2D eigenvalue weighted by Crippen LogP contribution is -2.41. The molecule has 1 fully saturated rings. The minimum absolute atomic E-state index is 0.250. The molecule has 0 aliphatic carbocycles. The third-order valence-electron chi connectivity index (χ3n) is 2.62. The predicted molar refractivity (Wildman–Crippen MR) is 64.7 cm³/mol. The van der Waals surface area contributed by atoms with Gasteiger partial charge in [-0.05, 0) is 23.8 Å². The summed E-state index contributed by atoms with van der Waals surface area (Å²) in [6, 6.07) is 6.93. The van der Waals surface area contributed by atoms with Gasteiger partial charge in [-0.2, -0.15) is 5.26 Å². The van der Waals surface area contributed by atoms with Crippen LogP contribution in [0.4, 0.5) is 4.39 Å². The minimum Gasteiger partial charge on any atom is -0.361 e. The Morgan fingerprint density at radius 2 is 2.35 bits per heavy atom. The largest absolute Gasteiger partial charge is 0.361 e. The summed E-state index contributed by atoms with van der Waals surface area (Å²) < 4.78 is 19.2. The first-order chi connectivity index (χ1) is 8.17. The van der Waals surface area contributed by atoms with Crippen molar-refractivity contribution < 1.29 is 9.13 Å². The number of hydrogen-bond acceptors (Lipinski definition) is 3. The summed E-state index contributed by atoms with van der Waals surface area (Å²) in [5.74, 6) is -0.250. The van der Waals surface area contributed by atoms with Crippen molar-refractivity contribution in [3.05, 3.63) is 34.1 Å². The van der Waals surface area contributed by atoms with Gasteiger partial charge in [0.1, 0.15) is 5.82 Å². The van der Waals surface area contributed by atoms with Gasteiger partial charge in [0, 0.05) is 24.1 Å². The van der Waals surface area contributed by atoms with E-state index < -0.39 is 0 Å². The summed E-state index contributed by atoms with van der Waals surface area (Å²) in [5.41, 5.74) is 0.899. The molecule has 1 heterocycles. The van der Waals surface area contributed by atoms with Crippen LogP contribution in [0.3, 0.4) is 0 Å². The van der Waals surface area contributed by atoms with Gasteiger partial charge in [-0.3, -0.25) is 4.90 Å². The number of hydrogen-bond donors (Lipinski definition) is 0. The molecule has 2 rings (SSSR count). The molecule has 1 atom stereocenters. The van der Waals surface area contributed by atoms with E-state index in [1.54, 1.807) is 0 Å². The second kappa shape index (κ2) is 5.58. The van der Waals surface area contributed by atoms with E-state index in [-0.39, 0.29) is 11.9 Å². The molecular weight excluding hydrogens is 287 g/mol. The summed E-state index contributed by atoms with van der Waals surface area (Å²) in [5, 5.41) is 8.79. The van der Waals surface area contributed by atoms with E-state index in [2.05, 4.69) is 26.9 Å². The van der Waals surface area contributed by atoms with Crippen LogP contribution in [0.25, 0.3) is 0 Å². The topological polar surface area (TPSA) is 36.3 Å². The number of ether oxygens (including phenoxy) is 1. The predicted octanol–water partition coefficient (Wildman–Crippen LogP) is 2.31. The molecule has 17 heavy (non-hydrogen) atoms. The third kappa shape index (κ3) is 3.50. The SMILES string of the molecule is N#CC1CN(Cc2cc(F)cc(Br)c2)CCO1. The monoisotopic (exact) mass is 298 g/mol. The van der Waals surface area contributed by atoms with E-state index in [1.165, 1.54) is 12.1 Å². The van der Waals surface area contributed by atoms with Crippen LogP contribution in [0.15, 0.2) is 22.7 Å². The number of nitrogens with zero attached hydrogens (tertiary/aromatic N) is 2. The smallest absolute Gasteiger partial charge is 0.156 e. The molecule has 0 spiro atoms. The van der Waals surface area contributed by atoms with Crippen LogP contribution in [0, 0.1) is 17.1 Å². The molecule has 0 amide bonds. The Labute approximate surface area is 108 Å². The zero-order valence-electron chi connectivity index (χ0n) is 9.20. The van der Waals surface area contributed by atoms with Gasteiger partial charge in [0.25, 0.3) is 0 Å². The maximum atomic E-state index is 13.2. The molecule has 1 aliphatic heterocycles. The van der Waals surface area contributed by atoms with E-state index in [0.29, 0.717) is 19.7 Å². The van der Waals surface area contributed by atoms with Gasteiger partial charge in [0.05, 0.1) is 12.7 Å². The fraction of sp³-hybridized carbons (Fsp3) is 0.417. The Hall–Kier alpha value is -0.960. The van der Waals surface area contributed by atoms with Gasteiger partial charge in [-0.1, -0.05) is 15.9 Å². The van der Waals surface area contributed by atoms with Crippen molar-refractivity contribution in [1.29, 1.82) is 5.26 Å². The van der Waals surface area contributed by atoms with Crippen molar-refractivity contribution in [1.82, 2.24) is 4.90 Å². The number of rotatable bonds is 2. The first kappa shape index (κ1) is 12.5. The van der Waals surface area contributed by atoms with Crippen molar-refractivity contribution in [2.45, 2.75) is 12.6 Å². The highest BCUT2D eigenvalue weighted by atomic mass is 79.9. The van der Waals surface area contributed by atoms with Gasteiger partial charge in [0.2, 0.25) is 0 Å². The van der Waals surface area contributed by atoms with Gasteiger partial charge < -0.3 is 4.74 Å².